The van der Waals surface area contributed by atoms with Gasteiger partial charge in [-0.1, -0.05) is 54.6 Å². The number of benzene rings is 2. The van der Waals surface area contributed by atoms with Crippen molar-refractivity contribution in [2.75, 3.05) is 0 Å². The van der Waals surface area contributed by atoms with Gasteiger partial charge < -0.3 is 5.11 Å². The zero-order chi connectivity index (χ0) is 13.7. The van der Waals surface area contributed by atoms with Crippen LogP contribution < -0.4 is 0 Å². The molecule has 0 spiro atoms. The van der Waals surface area contributed by atoms with Gasteiger partial charge in [-0.05, 0) is 29.5 Å². The Hall–Kier alpha value is -1.74. The molecule has 19 heavy (non-hydrogen) atoms. The Labute approximate surface area is 118 Å². The second kappa shape index (κ2) is 6.43. The molecular formula is C16H16O2S. The fourth-order valence-corrected chi connectivity index (χ4v) is 2.18. The molecule has 3 heteroatoms. The molecule has 1 N–H and O–H groups in total. The van der Waals surface area contributed by atoms with E-state index in [1.165, 1.54) is 0 Å². The van der Waals surface area contributed by atoms with Crippen LogP contribution in [0.4, 0.5) is 0 Å². The molecule has 0 fully saturated rings. The zero-order valence-corrected chi connectivity index (χ0v) is 11.4. The number of carboxylic acid groups (broad SMARTS) is 1. The number of aliphatic carboxylic acids is 1. The van der Waals surface area contributed by atoms with Crippen molar-refractivity contribution >= 4 is 18.6 Å². The number of hydrogen-bond donors (Lipinski definition) is 2. The first kappa shape index (κ1) is 13.7. The summed E-state index contributed by atoms with van der Waals surface area (Å²) < 4.78 is 0. The third kappa shape index (κ3) is 3.61. The summed E-state index contributed by atoms with van der Waals surface area (Å²) >= 11 is 4.08. The van der Waals surface area contributed by atoms with Crippen LogP contribution in [0.15, 0.2) is 54.6 Å². The van der Waals surface area contributed by atoms with E-state index in [4.69, 9.17) is 5.11 Å². The predicted octanol–water partition coefficient (Wildman–Crippen LogP) is 3.67. The van der Waals surface area contributed by atoms with Gasteiger partial charge in [0.2, 0.25) is 0 Å². The first-order chi connectivity index (χ1) is 9.18. The van der Waals surface area contributed by atoms with Gasteiger partial charge in [0.15, 0.2) is 0 Å². The van der Waals surface area contributed by atoms with Crippen LogP contribution in [0.5, 0.6) is 0 Å². The molecule has 0 aliphatic heterocycles. The highest BCUT2D eigenvalue weighted by Gasteiger charge is 2.13. The first-order valence-electron chi connectivity index (χ1n) is 6.22. The lowest BCUT2D eigenvalue weighted by molar-refractivity contribution is -0.136. The fourth-order valence-electron chi connectivity index (χ4n) is 2.05. The first-order valence-corrected chi connectivity index (χ1v) is 6.74. The van der Waals surface area contributed by atoms with Crippen LogP contribution in [0.25, 0.3) is 11.1 Å². The van der Waals surface area contributed by atoms with E-state index in [-0.39, 0.29) is 0 Å². The van der Waals surface area contributed by atoms with Gasteiger partial charge in [-0.2, -0.15) is 12.6 Å². The fraction of sp³-hybridized carbons (Fsp3) is 0.188. The molecule has 2 nitrogen and oxygen atoms in total. The third-order valence-electron chi connectivity index (χ3n) is 3.07. The lowest BCUT2D eigenvalue weighted by Gasteiger charge is -2.11. The van der Waals surface area contributed by atoms with E-state index >= 15 is 0 Å². The van der Waals surface area contributed by atoms with Gasteiger partial charge in [0.1, 0.15) is 0 Å². The molecular weight excluding hydrogens is 256 g/mol. The van der Waals surface area contributed by atoms with Crippen LogP contribution >= 0.6 is 12.6 Å². The Kier molecular flexibility index (Phi) is 4.63. The lowest BCUT2D eigenvalue weighted by Crippen LogP contribution is -2.14. The van der Waals surface area contributed by atoms with Gasteiger partial charge in [0.05, 0.1) is 5.25 Å². The molecule has 0 bridgehead atoms. The maximum absolute atomic E-state index is 10.8. The molecule has 98 valence electrons. The average Bonchev–Trinajstić information content (AvgIpc) is 2.46. The summed E-state index contributed by atoms with van der Waals surface area (Å²) in [5.41, 5.74) is 3.48. The Bertz CT molecular complexity index is 552. The van der Waals surface area contributed by atoms with Crippen molar-refractivity contribution in [1.82, 2.24) is 0 Å². The number of hydrogen-bond acceptors (Lipinski definition) is 2. The number of aryl methyl sites for hydroxylation is 1. The second-order valence-electron chi connectivity index (χ2n) is 4.42. The summed E-state index contributed by atoms with van der Waals surface area (Å²) in [6.07, 6.45) is 1.24. The van der Waals surface area contributed by atoms with Gasteiger partial charge >= 0.3 is 5.97 Å². The van der Waals surface area contributed by atoms with E-state index in [0.29, 0.717) is 12.8 Å². The normalized spacial score (nSPS) is 12.1. The highest BCUT2D eigenvalue weighted by atomic mass is 32.1. The smallest absolute Gasteiger partial charge is 0.316 e. The molecule has 2 aromatic carbocycles. The summed E-state index contributed by atoms with van der Waals surface area (Å²) in [4.78, 5) is 10.8. The Morgan fingerprint density at radius 2 is 1.68 bits per heavy atom. The molecule has 0 aliphatic carbocycles. The van der Waals surface area contributed by atoms with E-state index in [9.17, 15) is 4.79 Å². The minimum absolute atomic E-state index is 0.530. The van der Waals surface area contributed by atoms with Gasteiger partial charge in [0, 0.05) is 0 Å². The molecule has 0 aromatic heterocycles. The van der Waals surface area contributed by atoms with Crippen molar-refractivity contribution in [2.45, 2.75) is 18.1 Å². The maximum Gasteiger partial charge on any atom is 0.316 e. The van der Waals surface area contributed by atoms with E-state index in [2.05, 4.69) is 30.8 Å². The summed E-state index contributed by atoms with van der Waals surface area (Å²) in [5.74, 6) is -0.861. The predicted molar refractivity (Wildman–Crippen MR) is 80.6 cm³/mol. The lowest BCUT2D eigenvalue weighted by atomic mass is 9.96. The molecule has 0 saturated heterocycles. The van der Waals surface area contributed by atoms with Crippen molar-refractivity contribution in [3.63, 3.8) is 0 Å². The summed E-state index contributed by atoms with van der Waals surface area (Å²) in [6, 6.07) is 18.2. The van der Waals surface area contributed by atoms with Gasteiger partial charge in [0.25, 0.3) is 0 Å². The van der Waals surface area contributed by atoms with Crippen LogP contribution in [-0.2, 0) is 11.2 Å². The maximum atomic E-state index is 10.8. The van der Waals surface area contributed by atoms with Crippen molar-refractivity contribution < 1.29 is 9.90 Å². The minimum atomic E-state index is -0.861. The Morgan fingerprint density at radius 1 is 1.05 bits per heavy atom. The van der Waals surface area contributed by atoms with Gasteiger partial charge in [-0.25, -0.2) is 0 Å². The number of rotatable bonds is 5. The molecule has 0 heterocycles. The van der Waals surface area contributed by atoms with Gasteiger partial charge in [-0.15, -0.1) is 0 Å². The summed E-state index contributed by atoms with van der Waals surface area (Å²) in [7, 11) is 0. The average molecular weight is 272 g/mol. The standard InChI is InChI=1S/C16H16O2S/c17-16(18)15(19)11-10-13-8-4-5-9-14(13)12-6-2-1-3-7-12/h1-9,15,19H,10-11H2,(H,17,18). The van der Waals surface area contributed by atoms with E-state index in [1.807, 2.05) is 36.4 Å². The van der Waals surface area contributed by atoms with Crippen LogP contribution in [0.2, 0.25) is 0 Å². The number of carbonyl (C=O) groups is 1. The molecule has 0 radical (unpaired) electrons. The van der Waals surface area contributed by atoms with Gasteiger partial charge in [-0.3, -0.25) is 4.79 Å². The molecule has 0 saturated carbocycles. The molecule has 2 rings (SSSR count). The SMILES string of the molecule is O=C(O)C(S)CCc1ccccc1-c1ccccc1. The molecule has 1 unspecified atom stereocenters. The molecule has 0 aliphatic rings. The van der Waals surface area contributed by atoms with E-state index in [1.54, 1.807) is 0 Å². The van der Waals surface area contributed by atoms with E-state index in [0.717, 1.165) is 16.7 Å². The molecule has 1 atom stereocenters. The molecule has 0 amide bonds. The van der Waals surface area contributed by atoms with Crippen LogP contribution in [-0.4, -0.2) is 16.3 Å². The van der Waals surface area contributed by atoms with E-state index < -0.39 is 11.2 Å². The number of carboxylic acids is 1. The number of thiol groups is 1. The quantitative estimate of drug-likeness (QED) is 0.815. The van der Waals surface area contributed by atoms with Crippen molar-refractivity contribution in [2.24, 2.45) is 0 Å². The molecule has 2 aromatic rings. The second-order valence-corrected chi connectivity index (χ2v) is 5.04. The van der Waals surface area contributed by atoms with Crippen LogP contribution in [0, 0.1) is 0 Å². The van der Waals surface area contributed by atoms with Crippen molar-refractivity contribution in [3.05, 3.63) is 60.2 Å². The monoisotopic (exact) mass is 272 g/mol. The van der Waals surface area contributed by atoms with Crippen LogP contribution in [0.3, 0.4) is 0 Å². The zero-order valence-electron chi connectivity index (χ0n) is 10.5. The summed E-state index contributed by atoms with van der Waals surface area (Å²) in [5, 5.41) is 8.26. The third-order valence-corrected chi connectivity index (χ3v) is 3.55. The topological polar surface area (TPSA) is 37.3 Å². The minimum Gasteiger partial charge on any atom is -0.480 e. The highest BCUT2D eigenvalue weighted by Crippen LogP contribution is 2.25. The van der Waals surface area contributed by atoms with Crippen LogP contribution in [0.1, 0.15) is 12.0 Å². The highest BCUT2D eigenvalue weighted by molar-refractivity contribution is 7.81. The van der Waals surface area contributed by atoms with Crippen molar-refractivity contribution in [3.8, 4) is 11.1 Å². The Morgan fingerprint density at radius 3 is 2.37 bits per heavy atom. The van der Waals surface area contributed by atoms with Crippen molar-refractivity contribution in [1.29, 1.82) is 0 Å². The largest absolute Gasteiger partial charge is 0.480 e. The Balaban J connectivity index is 2.20. The summed E-state index contributed by atoms with van der Waals surface area (Å²) in [6.45, 7) is 0.